The lowest BCUT2D eigenvalue weighted by molar-refractivity contribution is 0.867. The Morgan fingerprint density at radius 1 is 1.28 bits per heavy atom. The van der Waals surface area contributed by atoms with Crippen LogP contribution >= 0.6 is 11.6 Å². The summed E-state index contributed by atoms with van der Waals surface area (Å²) in [4.78, 5) is 7.55. The van der Waals surface area contributed by atoms with Gasteiger partial charge in [0.2, 0.25) is 0 Å². The third-order valence-corrected chi connectivity index (χ3v) is 3.29. The summed E-state index contributed by atoms with van der Waals surface area (Å²) in [7, 11) is 0. The zero-order valence-corrected chi connectivity index (χ0v) is 11.5. The summed E-state index contributed by atoms with van der Waals surface area (Å²) < 4.78 is 0. The molecule has 2 rings (SSSR count). The van der Waals surface area contributed by atoms with Gasteiger partial charge < -0.3 is 10.7 Å². The van der Waals surface area contributed by atoms with Crippen molar-refractivity contribution in [2.45, 2.75) is 26.2 Å². The highest BCUT2D eigenvalue weighted by Gasteiger charge is 2.09. The van der Waals surface area contributed by atoms with Crippen LogP contribution in [0, 0.1) is 0 Å². The quantitative estimate of drug-likeness (QED) is 0.889. The fourth-order valence-corrected chi connectivity index (χ4v) is 2.09. The number of rotatable bonds is 4. The third-order valence-electron chi connectivity index (χ3n) is 2.97. The highest BCUT2D eigenvalue weighted by molar-refractivity contribution is 6.30. The van der Waals surface area contributed by atoms with Crippen LogP contribution in [0.3, 0.4) is 0 Å². The summed E-state index contributed by atoms with van der Waals surface area (Å²) in [6.07, 6.45) is 0.718. The van der Waals surface area contributed by atoms with E-state index in [-0.39, 0.29) is 0 Å². The molecule has 0 saturated heterocycles. The summed E-state index contributed by atoms with van der Waals surface area (Å²) in [5.41, 5.74) is 8.79. The molecule has 0 atom stereocenters. The summed E-state index contributed by atoms with van der Waals surface area (Å²) in [5, 5.41) is 0.517. The van der Waals surface area contributed by atoms with Gasteiger partial charge in [-0.3, -0.25) is 0 Å². The molecule has 96 valence electrons. The lowest BCUT2D eigenvalue weighted by Crippen LogP contribution is -2.03. The minimum Gasteiger partial charge on any atom is -0.341 e. The fraction of sp³-hybridized carbons (Fsp3) is 0.357. The Labute approximate surface area is 112 Å². The molecule has 0 amide bonds. The van der Waals surface area contributed by atoms with Crippen LogP contribution in [0.25, 0.3) is 11.4 Å². The van der Waals surface area contributed by atoms with Gasteiger partial charge in [-0.05, 0) is 18.0 Å². The normalized spacial score (nSPS) is 11.2. The first-order valence-corrected chi connectivity index (χ1v) is 6.54. The third kappa shape index (κ3) is 2.74. The second kappa shape index (κ2) is 5.55. The molecule has 0 spiro atoms. The SMILES string of the molecule is CC(C)c1ccc(-c2nc(Cl)c(CCN)[nH]2)cc1. The van der Waals surface area contributed by atoms with Gasteiger partial charge in [0.1, 0.15) is 5.82 Å². The molecule has 0 saturated carbocycles. The predicted molar refractivity (Wildman–Crippen MR) is 75.9 cm³/mol. The molecule has 0 bridgehead atoms. The molecule has 3 nitrogen and oxygen atoms in total. The van der Waals surface area contributed by atoms with Crippen LogP contribution in [0.5, 0.6) is 0 Å². The Morgan fingerprint density at radius 2 is 1.94 bits per heavy atom. The number of halogens is 1. The number of benzene rings is 1. The number of H-pyrrole nitrogens is 1. The molecule has 0 fully saturated rings. The monoisotopic (exact) mass is 263 g/mol. The molecule has 0 unspecified atom stereocenters. The van der Waals surface area contributed by atoms with Crippen LogP contribution in [0.4, 0.5) is 0 Å². The van der Waals surface area contributed by atoms with Gasteiger partial charge in [0.15, 0.2) is 5.15 Å². The Hall–Kier alpha value is -1.32. The summed E-state index contributed by atoms with van der Waals surface area (Å²) in [6, 6.07) is 8.38. The van der Waals surface area contributed by atoms with Crippen molar-refractivity contribution in [1.29, 1.82) is 0 Å². The molecule has 1 aromatic carbocycles. The maximum Gasteiger partial charge on any atom is 0.150 e. The van der Waals surface area contributed by atoms with Gasteiger partial charge in [-0.1, -0.05) is 49.7 Å². The average Bonchev–Trinajstić information content (AvgIpc) is 2.72. The van der Waals surface area contributed by atoms with Crippen LogP contribution in [0.2, 0.25) is 5.15 Å². The highest BCUT2D eigenvalue weighted by Crippen LogP contribution is 2.23. The number of aromatic amines is 1. The minimum absolute atomic E-state index is 0.517. The molecule has 1 heterocycles. The molecule has 0 aliphatic rings. The van der Waals surface area contributed by atoms with Crippen LogP contribution in [-0.4, -0.2) is 16.5 Å². The van der Waals surface area contributed by atoms with Crippen molar-refractivity contribution in [3.63, 3.8) is 0 Å². The van der Waals surface area contributed by atoms with E-state index in [2.05, 4.69) is 48.1 Å². The number of nitrogens with zero attached hydrogens (tertiary/aromatic N) is 1. The van der Waals surface area contributed by atoms with E-state index < -0.39 is 0 Å². The average molecular weight is 264 g/mol. The fourth-order valence-electron chi connectivity index (χ4n) is 1.86. The van der Waals surface area contributed by atoms with Crippen LogP contribution < -0.4 is 5.73 Å². The first kappa shape index (κ1) is 13.1. The molecule has 2 aromatic rings. The molecular formula is C14H18ClN3. The van der Waals surface area contributed by atoms with Crippen molar-refractivity contribution < 1.29 is 0 Å². The van der Waals surface area contributed by atoms with Gasteiger partial charge in [-0.15, -0.1) is 0 Å². The Morgan fingerprint density at radius 3 is 2.50 bits per heavy atom. The number of hydrogen-bond donors (Lipinski definition) is 2. The standard InChI is InChI=1S/C14H18ClN3/c1-9(2)10-3-5-11(6-4-10)14-17-12(7-8-16)13(15)18-14/h3-6,9H,7-8,16H2,1-2H3,(H,17,18). The van der Waals surface area contributed by atoms with Crippen molar-refractivity contribution in [2.75, 3.05) is 6.54 Å². The van der Waals surface area contributed by atoms with E-state index in [1.165, 1.54) is 5.56 Å². The first-order valence-electron chi connectivity index (χ1n) is 6.16. The molecule has 0 radical (unpaired) electrons. The number of aromatic nitrogens is 2. The zero-order chi connectivity index (χ0) is 13.1. The first-order chi connectivity index (χ1) is 8.61. The lowest BCUT2D eigenvalue weighted by Gasteiger charge is -2.05. The molecule has 1 aromatic heterocycles. The molecule has 18 heavy (non-hydrogen) atoms. The maximum absolute atomic E-state index is 6.06. The number of nitrogens with one attached hydrogen (secondary N) is 1. The number of nitrogens with two attached hydrogens (primary N) is 1. The predicted octanol–water partition coefficient (Wildman–Crippen LogP) is 3.35. The van der Waals surface area contributed by atoms with Crippen molar-refractivity contribution in [3.05, 3.63) is 40.7 Å². The number of imidazole rings is 1. The van der Waals surface area contributed by atoms with E-state index in [0.717, 1.165) is 23.5 Å². The van der Waals surface area contributed by atoms with E-state index in [1.807, 2.05) is 0 Å². The maximum atomic E-state index is 6.06. The van der Waals surface area contributed by atoms with Crippen LogP contribution in [-0.2, 0) is 6.42 Å². The van der Waals surface area contributed by atoms with Gasteiger partial charge in [-0.2, -0.15) is 0 Å². The zero-order valence-electron chi connectivity index (χ0n) is 10.7. The van der Waals surface area contributed by atoms with E-state index in [1.54, 1.807) is 0 Å². The number of hydrogen-bond acceptors (Lipinski definition) is 2. The van der Waals surface area contributed by atoms with E-state index in [9.17, 15) is 0 Å². The molecular weight excluding hydrogens is 246 g/mol. The van der Waals surface area contributed by atoms with Gasteiger partial charge in [0.05, 0.1) is 5.69 Å². The summed E-state index contributed by atoms with van der Waals surface area (Å²) in [5.74, 6) is 1.34. The molecule has 3 N–H and O–H groups in total. The molecule has 0 aliphatic heterocycles. The van der Waals surface area contributed by atoms with Crippen molar-refractivity contribution in [2.24, 2.45) is 5.73 Å². The second-order valence-corrected chi connectivity index (χ2v) is 5.03. The molecule has 0 aliphatic carbocycles. The smallest absolute Gasteiger partial charge is 0.150 e. The van der Waals surface area contributed by atoms with Gasteiger partial charge >= 0.3 is 0 Å². The van der Waals surface area contributed by atoms with Crippen molar-refractivity contribution in [1.82, 2.24) is 9.97 Å². The Balaban J connectivity index is 2.28. The van der Waals surface area contributed by atoms with Crippen molar-refractivity contribution in [3.8, 4) is 11.4 Å². The van der Waals surface area contributed by atoms with Crippen LogP contribution in [0.1, 0.15) is 31.0 Å². The van der Waals surface area contributed by atoms with Gasteiger partial charge in [-0.25, -0.2) is 4.98 Å². The minimum atomic E-state index is 0.517. The topological polar surface area (TPSA) is 54.7 Å². The highest BCUT2D eigenvalue weighted by atomic mass is 35.5. The van der Waals surface area contributed by atoms with Crippen molar-refractivity contribution >= 4 is 11.6 Å². The molecule has 4 heteroatoms. The van der Waals surface area contributed by atoms with E-state index >= 15 is 0 Å². The van der Waals surface area contributed by atoms with Gasteiger partial charge in [0.25, 0.3) is 0 Å². The Kier molecular flexibility index (Phi) is 4.04. The lowest BCUT2D eigenvalue weighted by atomic mass is 10.0. The van der Waals surface area contributed by atoms with Crippen LogP contribution in [0.15, 0.2) is 24.3 Å². The second-order valence-electron chi connectivity index (χ2n) is 4.67. The summed E-state index contributed by atoms with van der Waals surface area (Å²) >= 11 is 6.06. The van der Waals surface area contributed by atoms with E-state index in [4.69, 9.17) is 17.3 Å². The summed E-state index contributed by atoms with van der Waals surface area (Å²) in [6.45, 7) is 4.92. The largest absolute Gasteiger partial charge is 0.341 e. The van der Waals surface area contributed by atoms with Gasteiger partial charge in [0, 0.05) is 12.0 Å². The van der Waals surface area contributed by atoms with E-state index in [0.29, 0.717) is 17.6 Å². The Bertz CT molecular complexity index is 514.